The third-order valence-electron chi connectivity index (χ3n) is 4.89. The molecule has 2 atom stereocenters. The first-order chi connectivity index (χ1) is 13.8. The van der Waals surface area contributed by atoms with E-state index >= 15 is 0 Å². The average Bonchev–Trinajstić information content (AvgIpc) is 2.66. The van der Waals surface area contributed by atoms with E-state index in [0.29, 0.717) is 35.5 Å². The van der Waals surface area contributed by atoms with Gasteiger partial charge in [-0.2, -0.15) is 0 Å². The van der Waals surface area contributed by atoms with E-state index in [4.69, 9.17) is 9.72 Å². The van der Waals surface area contributed by atoms with Gasteiger partial charge in [0.05, 0.1) is 28.1 Å². The number of aromatic nitrogens is 2. The maximum absolute atomic E-state index is 13.1. The highest BCUT2D eigenvalue weighted by molar-refractivity contribution is 7.92. The molecule has 0 bridgehead atoms. The minimum atomic E-state index is -3.81. The molecule has 0 saturated carbocycles. The van der Waals surface area contributed by atoms with Gasteiger partial charge in [0, 0.05) is 13.1 Å². The van der Waals surface area contributed by atoms with Gasteiger partial charge in [0.1, 0.15) is 0 Å². The van der Waals surface area contributed by atoms with Crippen molar-refractivity contribution in [3.63, 3.8) is 0 Å². The molecule has 29 heavy (non-hydrogen) atoms. The monoisotopic (exact) mass is 412 g/mol. The summed E-state index contributed by atoms with van der Waals surface area (Å²) in [4.78, 5) is 11.6. The first-order valence-electron chi connectivity index (χ1n) is 9.59. The summed E-state index contributed by atoms with van der Waals surface area (Å²) in [7, 11) is -3.81. The van der Waals surface area contributed by atoms with Crippen LogP contribution in [0.3, 0.4) is 0 Å². The van der Waals surface area contributed by atoms with Gasteiger partial charge in [0.2, 0.25) is 0 Å². The van der Waals surface area contributed by atoms with Crippen molar-refractivity contribution in [2.45, 2.75) is 37.9 Å². The van der Waals surface area contributed by atoms with Crippen molar-refractivity contribution in [3.8, 4) is 0 Å². The number of para-hydroxylation sites is 2. The molecule has 4 rings (SSSR count). The second-order valence-corrected chi connectivity index (χ2v) is 9.07. The summed E-state index contributed by atoms with van der Waals surface area (Å²) in [5.41, 5.74) is 2.02. The molecular formula is C21H24N4O3S. The smallest absolute Gasteiger partial charge is 0.263 e. The van der Waals surface area contributed by atoms with Crippen molar-refractivity contribution < 1.29 is 13.2 Å². The first-order valence-corrected chi connectivity index (χ1v) is 11.1. The van der Waals surface area contributed by atoms with E-state index in [0.717, 1.165) is 0 Å². The maximum Gasteiger partial charge on any atom is 0.263 e. The number of fused-ring (bicyclic) bond motifs is 1. The summed E-state index contributed by atoms with van der Waals surface area (Å²) < 4.78 is 34.7. The lowest BCUT2D eigenvalue weighted by Gasteiger charge is -2.36. The molecule has 1 aromatic heterocycles. The highest BCUT2D eigenvalue weighted by Gasteiger charge is 2.28. The molecule has 2 aromatic carbocycles. The van der Waals surface area contributed by atoms with Crippen LogP contribution in [-0.4, -0.2) is 43.7 Å². The van der Waals surface area contributed by atoms with Crippen molar-refractivity contribution in [2.24, 2.45) is 0 Å². The Morgan fingerprint density at radius 3 is 2.21 bits per heavy atom. The number of hydrogen-bond acceptors (Lipinski definition) is 6. The van der Waals surface area contributed by atoms with E-state index in [1.54, 1.807) is 25.1 Å². The Balaban J connectivity index is 1.81. The zero-order chi connectivity index (χ0) is 20.6. The molecule has 0 aliphatic carbocycles. The Bertz CT molecular complexity index is 1140. The number of sulfonamides is 1. The van der Waals surface area contributed by atoms with Crippen LogP contribution in [0.25, 0.3) is 11.0 Å². The lowest BCUT2D eigenvalue weighted by Crippen LogP contribution is -2.46. The van der Waals surface area contributed by atoms with Gasteiger partial charge >= 0.3 is 0 Å². The third kappa shape index (κ3) is 4.04. The molecule has 8 heteroatoms. The number of ether oxygens (including phenoxy) is 1. The number of hydrogen-bond donors (Lipinski definition) is 1. The van der Waals surface area contributed by atoms with E-state index < -0.39 is 10.0 Å². The van der Waals surface area contributed by atoms with Crippen LogP contribution in [0.15, 0.2) is 53.4 Å². The van der Waals surface area contributed by atoms with Gasteiger partial charge in [-0.25, -0.2) is 18.4 Å². The molecule has 2 heterocycles. The Labute approximate surface area is 170 Å². The van der Waals surface area contributed by atoms with Crippen LogP contribution in [0, 0.1) is 6.92 Å². The number of anilines is 2. The van der Waals surface area contributed by atoms with E-state index in [1.165, 1.54) is 0 Å². The molecule has 1 aliphatic heterocycles. The summed E-state index contributed by atoms with van der Waals surface area (Å²) in [6.07, 6.45) is 0.0145. The van der Waals surface area contributed by atoms with Crippen molar-refractivity contribution in [2.75, 3.05) is 22.7 Å². The number of aryl methyl sites for hydroxylation is 1. The molecule has 152 valence electrons. The van der Waals surface area contributed by atoms with Gasteiger partial charge in [0.25, 0.3) is 10.0 Å². The molecule has 7 nitrogen and oxygen atoms in total. The van der Waals surface area contributed by atoms with Gasteiger partial charge in [0.15, 0.2) is 11.6 Å². The summed E-state index contributed by atoms with van der Waals surface area (Å²) >= 11 is 0. The first kappa shape index (κ1) is 19.6. The standard InChI is InChI=1S/C21H24N4O3S/c1-14-8-4-7-11-19(14)29(26,27)24-20-21(25-12-15(2)28-16(3)13-25)23-18-10-6-5-9-17(18)22-20/h4-11,15-16H,12-13H2,1-3H3,(H,22,24)/t15-,16-/m1/s1. The maximum atomic E-state index is 13.1. The highest BCUT2D eigenvalue weighted by atomic mass is 32.2. The fourth-order valence-electron chi connectivity index (χ4n) is 3.67. The van der Waals surface area contributed by atoms with Crippen LogP contribution >= 0.6 is 0 Å². The van der Waals surface area contributed by atoms with Gasteiger partial charge in [-0.05, 0) is 44.5 Å². The van der Waals surface area contributed by atoms with Crippen molar-refractivity contribution >= 4 is 32.7 Å². The highest BCUT2D eigenvalue weighted by Crippen LogP contribution is 2.30. The number of benzene rings is 2. The van der Waals surface area contributed by atoms with Gasteiger partial charge in [-0.1, -0.05) is 30.3 Å². The topological polar surface area (TPSA) is 84.4 Å². The number of morpholine rings is 1. The van der Waals surface area contributed by atoms with Gasteiger partial charge in [-0.3, -0.25) is 4.72 Å². The molecule has 0 radical (unpaired) electrons. The number of nitrogens with one attached hydrogen (secondary N) is 1. The quantitative estimate of drug-likeness (QED) is 0.707. The molecule has 0 unspecified atom stereocenters. The van der Waals surface area contributed by atoms with Crippen LogP contribution in [0.2, 0.25) is 0 Å². The number of rotatable bonds is 4. The Morgan fingerprint density at radius 2 is 1.55 bits per heavy atom. The fourth-order valence-corrected chi connectivity index (χ4v) is 4.92. The van der Waals surface area contributed by atoms with Crippen molar-refractivity contribution in [3.05, 3.63) is 54.1 Å². The second-order valence-electron chi connectivity index (χ2n) is 7.42. The fraction of sp³-hybridized carbons (Fsp3) is 0.333. The summed E-state index contributed by atoms with van der Waals surface area (Å²) in [6.45, 7) is 6.97. The van der Waals surface area contributed by atoms with E-state index in [2.05, 4.69) is 9.71 Å². The molecule has 1 aliphatic rings. The minimum Gasteiger partial charge on any atom is -0.372 e. The van der Waals surface area contributed by atoms with Crippen LogP contribution in [0.4, 0.5) is 11.6 Å². The normalized spacial score (nSPS) is 20.0. The SMILES string of the molecule is Cc1ccccc1S(=O)(=O)Nc1nc2ccccc2nc1N1C[C@@H](C)O[C@H](C)C1. The molecule has 1 fully saturated rings. The van der Waals surface area contributed by atoms with Crippen molar-refractivity contribution in [1.82, 2.24) is 9.97 Å². The zero-order valence-corrected chi connectivity index (χ0v) is 17.5. The summed E-state index contributed by atoms with van der Waals surface area (Å²) in [5.74, 6) is 0.746. The van der Waals surface area contributed by atoms with Gasteiger partial charge in [-0.15, -0.1) is 0 Å². The van der Waals surface area contributed by atoms with E-state index in [9.17, 15) is 8.42 Å². The zero-order valence-electron chi connectivity index (χ0n) is 16.7. The van der Waals surface area contributed by atoms with Crippen LogP contribution in [-0.2, 0) is 14.8 Å². The molecular weight excluding hydrogens is 388 g/mol. The Hall–Kier alpha value is -2.71. The largest absolute Gasteiger partial charge is 0.372 e. The summed E-state index contributed by atoms with van der Waals surface area (Å²) in [6, 6.07) is 14.3. The Morgan fingerprint density at radius 1 is 0.966 bits per heavy atom. The van der Waals surface area contributed by atoms with Crippen LogP contribution in [0.1, 0.15) is 19.4 Å². The predicted molar refractivity (Wildman–Crippen MR) is 114 cm³/mol. The summed E-state index contributed by atoms with van der Waals surface area (Å²) in [5, 5.41) is 0. The molecule has 3 aromatic rings. The van der Waals surface area contributed by atoms with Crippen LogP contribution in [0.5, 0.6) is 0 Å². The van der Waals surface area contributed by atoms with E-state index in [-0.39, 0.29) is 22.9 Å². The average molecular weight is 413 g/mol. The molecule has 0 spiro atoms. The van der Waals surface area contributed by atoms with Crippen molar-refractivity contribution in [1.29, 1.82) is 0 Å². The number of nitrogens with zero attached hydrogens (tertiary/aromatic N) is 3. The predicted octanol–water partition coefficient (Wildman–Crippen LogP) is 3.35. The molecule has 1 saturated heterocycles. The lowest BCUT2D eigenvalue weighted by atomic mass is 10.2. The minimum absolute atomic E-state index is 0.00726. The molecule has 1 N–H and O–H groups in total. The lowest BCUT2D eigenvalue weighted by molar-refractivity contribution is -0.00540. The van der Waals surface area contributed by atoms with E-state index in [1.807, 2.05) is 49.1 Å². The second kappa shape index (κ2) is 7.61. The Kier molecular flexibility index (Phi) is 5.14. The van der Waals surface area contributed by atoms with Gasteiger partial charge < -0.3 is 9.64 Å². The third-order valence-corrected chi connectivity index (χ3v) is 6.38. The molecule has 0 amide bonds. The van der Waals surface area contributed by atoms with Crippen LogP contribution < -0.4 is 9.62 Å².